The van der Waals surface area contributed by atoms with Crippen molar-refractivity contribution in [3.8, 4) is 11.1 Å². The van der Waals surface area contributed by atoms with Crippen LogP contribution < -0.4 is 5.32 Å². The van der Waals surface area contributed by atoms with Crippen molar-refractivity contribution < 1.29 is 23.1 Å². The Kier molecular flexibility index (Phi) is 4.50. The third-order valence-electron chi connectivity index (χ3n) is 3.88. The smallest absolute Gasteiger partial charge is 0.257 e. The SMILES string of the molecule is C[C@@H](CO)NC(=O)c1c(F)cc(-c2c[nH]c3cc(F)ccc23)cc1F. The van der Waals surface area contributed by atoms with E-state index in [1.807, 2.05) is 0 Å². The fourth-order valence-electron chi connectivity index (χ4n) is 2.62. The lowest BCUT2D eigenvalue weighted by Gasteiger charge is -2.12. The zero-order valence-corrected chi connectivity index (χ0v) is 13.2. The van der Waals surface area contributed by atoms with Gasteiger partial charge in [0.05, 0.1) is 6.61 Å². The number of aliphatic hydroxyl groups is 1. The fraction of sp³-hybridized carbons (Fsp3) is 0.167. The molecule has 3 aromatic rings. The molecule has 1 heterocycles. The van der Waals surface area contributed by atoms with Gasteiger partial charge in [-0.2, -0.15) is 0 Å². The van der Waals surface area contributed by atoms with Gasteiger partial charge in [-0.05, 0) is 42.8 Å². The van der Waals surface area contributed by atoms with E-state index in [0.717, 1.165) is 12.1 Å². The normalized spacial score (nSPS) is 12.4. The molecule has 0 bridgehead atoms. The van der Waals surface area contributed by atoms with Gasteiger partial charge in [0.1, 0.15) is 23.0 Å². The van der Waals surface area contributed by atoms with Gasteiger partial charge < -0.3 is 15.4 Å². The lowest BCUT2D eigenvalue weighted by atomic mass is 10.0. The molecule has 3 rings (SSSR count). The van der Waals surface area contributed by atoms with Crippen LogP contribution >= 0.6 is 0 Å². The molecule has 1 amide bonds. The number of hydrogen-bond acceptors (Lipinski definition) is 2. The lowest BCUT2D eigenvalue weighted by molar-refractivity contribution is 0.0914. The summed E-state index contributed by atoms with van der Waals surface area (Å²) in [6.07, 6.45) is 1.52. The molecule has 0 saturated heterocycles. The van der Waals surface area contributed by atoms with Gasteiger partial charge >= 0.3 is 0 Å². The Morgan fingerprint density at radius 1 is 1.20 bits per heavy atom. The van der Waals surface area contributed by atoms with Crippen molar-refractivity contribution in [3.05, 3.63) is 59.5 Å². The van der Waals surface area contributed by atoms with Gasteiger partial charge in [-0.1, -0.05) is 0 Å². The Morgan fingerprint density at radius 2 is 1.88 bits per heavy atom. The van der Waals surface area contributed by atoms with E-state index in [0.29, 0.717) is 16.5 Å². The molecule has 0 spiro atoms. The first-order chi connectivity index (χ1) is 11.9. The number of fused-ring (bicyclic) bond motifs is 1. The lowest BCUT2D eigenvalue weighted by Crippen LogP contribution is -2.36. The van der Waals surface area contributed by atoms with Crippen LogP contribution in [0.1, 0.15) is 17.3 Å². The van der Waals surface area contributed by atoms with Gasteiger partial charge in [-0.25, -0.2) is 13.2 Å². The Balaban J connectivity index is 2.03. The van der Waals surface area contributed by atoms with Crippen molar-refractivity contribution in [2.75, 3.05) is 6.61 Å². The predicted molar refractivity (Wildman–Crippen MR) is 87.6 cm³/mol. The van der Waals surface area contributed by atoms with Gasteiger partial charge in [-0.15, -0.1) is 0 Å². The van der Waals surface area contributed by atoms with E-state index in [9.17, 15) is 18.0 Å². The number of aromatic amines is 1. The Labute approximate surface area is 141 Å². The number of rotatable bonds is 4. The van der Waals surface area contributed by atoms with Crippen LogP contribution in [-0.2, 0) is 0 Å². The van der Waals surface area contributed by atoms with E-state index in [4.69, 9.17) is 5.11 Å². The number of nitrogens with one attached hydrogen (secondary N) is 2. The molecule has 0 fully saturated rings. The molecule has 0 aliphatic heterocycles. The number of carbonyl (C=O) groups excluding carboxylic acids is 1. The van der Waals surface area contributed by atoms with Crippen molar-refractivity contribution in [2.45, 2.75) is 13.0 Å². The molecule has 7 heteroatoms. The first-order valence-electron chi connectivity index (χ1n) is 7.58. The average Bonchev–Trinajstić information content (AvgIpc) is 2.96. The van der Waals surface area contributed by atoms with Gasteiger partial charge in [0.25, 0.3) is 5.91 Å². The van der Waals surface area contributed by atoms with Gasteiger partial charge in [0.15, 0.2) is 0 Å². The highest BCUT2D eigenvalue weighted by Gasteiger charge is 2.21. The van der Waals surface area contributed by atoms with E-state index >= 15 is 0 Å². The summed E-state index contributed by atoms with van der Waals surface area (Å²) in [6, 6.07) is 5.51. The maximum absolute atomic E-state index is 14.3. The first kappa shape index (κ1) is 17.0. The van der Waals surface area contributed by atoms with Crippen molar-refractivity contribution >= 4 is 16.8 Å². The number of amides is 1. The van der Waals surface area contributed by atoms with Crippen molar-refractivity contribution in [1.29, 1.82) is 0 Å². The molecule has 3 N–H and O–H groups in total. The third-order valence-corrected chi connectivity index (χ3v) is 3.88. The van der Waals surface area contributed by atoms with Crippen molar-refractivity contribution in [3.63, 3.8) is 0 Å². The van der Waals surface area contributed by atoms with Crippen LogP contribution in [0.2, 0.25) is 0 Å². The molecular formula is C18H15F3N2O2. The summed E-state index contributed by atoms with van der Waals surface area (Å²) in [5.74, 6) is -3.41. The first-order valence-corrected chi connectivity index (χ1v) is 7.58. The van der Waals surface area contributed by atoms with Gasteiger partial charge in [0.2, 0.25) is 0 Å². The maximum atomic E-state index is 14.3. The molecule has 2 aromatic carbocycles. The van der Waals surface area contributed by atoms with Crippen molar-refractivity contribution in [2.24, 2.45) is 0 Å². The molecule has 130 valence electrons. The number of aliphatic hydroxyl groups excluding tert-OH is 1. The summed E-state index contributed by atoms with van der Waals surface area (Å²) in [6.45, 7) is 1.16. The van der Waals surface area contributed by atoms with Crippen LogP contribution in [0.3, 0.4) is 0 Å². The maximum Gasteiger partial charge on any atom is 0.257 e. The standard InChI is InChI=1S/C18H15F3N2O2/c1-9(8-24)23-18(25)17-14(20)4-10(5-15(17)21)13-7-22-16-6-11(19)2-3-12(13)16/h2-7,9,22,24H,8H2,1H3,(H,23,25)/t9-/m0/s1. The highest BCUT2D eigenvalue weighted by molar-refractivity contribution is 5.98. The molecule has 0 unspecified atom stereocenters. The second kappa shape index (κ2) is 6.60. The van der Waals surface area contributed by atoms with E-state index in [1.165, 1.54) is 31.3 Å². The van der Waals surface area contributed by atoms with Crippen LogP contribution in [0.4, 0.5) is 13.2 Å². The minimum absolute atomic E-state index is 0.222. The van der Waals surface area contributed by atoms with Gasteiger partial charge in [-0.3, -0.25) is 4.79 Å². The minimum atomic E-state index is -1.02. The van der Waals surface area contributed by atoms with Crippen LogP contribution in [0.15, 0.2) is 36.5 Å². The van der Waals surface area contributed by atoms with Crippen LogP contribution in [-0.4, -0.2) is 28.6 Å². The summed E-state index contributed by atoms with van der Waals surface area (Å²) in [7, 11) is 0. The average molecular weight is 348 g/mol. The van der Waals surface area contributed by atoms with E-state index in [1.54, 1.807) is 0 Å². The number of hydrogen-bond donors (Lipinski definition) is 3. The number of benzene rings is 2. The Bertz CT molecular complexity index is 930. The van der Waals surface area contributed by atoms with Crippen molar-refractivity contribution in [1.82, 2.24) is 10.3 Å². The number of carbonyl (C=O) groups is 1. The summed E-state index contributed by atoms with van der Waals surface area (Å²) in [4.78, 5) is 14.8. The Hall–Kier alpha value is -2.80. The molecule has 25 heavy (non-hydrogen) atoms. The molecular weight excluding hydrogens is 333 g/mol. The van der Waals surface area contributed by atoms with E-state index < -0.39 is 35.0 Å². The second-order valence-electron chi connectivity index (χ2n) is 5.76. The molecule has 0 radical (unpaired) electrons. The third kappa shape index (κ3) is 3.23. The minimum Gasteiger partial charge on any atom is -0.394 e. The number of aromatic nitrogens is 1. The summed E-state index contributed by atoms with van der Waals surface area (Å²) in [5, 5.41) is 11.8. The molecule has 0 saturated carbocycles. The summed E-state index contributed by atoms with van der Waals surface area (Å²) >= 11 is 0. The number of halogens is 3. The Morgan fingerprint density at radius 3 is 2.52 bits per heavy atom. The zero-order valence-electron chi connectivity index (χ0n) is 13.2. The quantitative estimate of drug-likeness (QED) is 0.677. The summed E-state index contributed by atoms with van der Waals surface area (Å²) < 4.78 is 41.9. The summed E-state index contributed by atoms with van der Waals surface area (Å²) in [5.41, 5.74) is 0.493. The van der Waals surface area contributed by atoms with E-state index in [2.05, 4.69) is 10.3 Å². The molecule has 1 aromatic heterocycles. The van der Waals surface area contributed by atoms with Crippen LogP contribution in [0.5, 0.6) is 0 Å². The van der Waals surface area contributed by atoms with Crippen LogP contribution in [0, 0.1) is 17.5 Å². The zero-order chi connectivity index (χ0) is 18.1. The fourth-order valence-corrected chi connectivity index (χ4v) is 2.62. The molecule has 0 aliphatic rings. The topological polar surface area (TPSA) is 65.1 Å². The largest absolute Gasteiger partial charge is 0.394 e. The number of H-pyrrole nitrogens is 1. The second-order valence-corrected chi connectivity index (χ2v) is 5.76. The highest BCUT2D eigenvalue weighted by Crippen LogP contribution is 2.31. The van der Waals surface area contributed by atoms with E-state index in [-0.39, 0.29) is 12.2 Å². The molecule has 0 aliphatic carbocycles. The highest BCUT2D eigenvalue weighted by atomic mass is 19.1. The monoisotopic (exact) mass is 348 g/mol. The molecule has 1 atom stereocenters. The predicted octanol–water partition coefficient (Wildman–Crippen LogP) is 3.36. The van der Waals surface area contributed by atoms with Gasteiger partial charge in [0, 0.05) is 28.7 Å². The molecule has 4 nitrogen and oxygen atoms in total. The van der Waals surface area contributed by atoms with Crippen LogP contribution in [0.25, 0.3) is 22.0 Å².